The van der Waals surface area contributed by atoms with Crippen LogP contribution in [-0.4, -0.2) is 51.1 Å². The fourth-order valence-electron chi connectivity index (χ4n) is 2.07. The standard InChI is InChI=1S/C11H16N2O5S/c1-13-5-4-8(7-13)6-12-19(16,17)10-3-2-9(18-10)11(14)15/h2-3,8,12H,4-7H2,1H3,(H,14,15). The maximum Gasteiger partial charge on any atom is 0.371 e. The van der Waals surface area contributed by atoms with Gasteiger partial charge in [-0.2, -0.15) is 0 Å². The van der Waals surface area contributed by atoms with Gasteiger partial charge in [-0.3, -0.25) is 0 Å². The molecule has 1 atom stereocenters. The first kappa shape index (κ1) is 14.0. The molecule has 1 saturated heterocycles. The summed E-state index contributed by atoms with van der Waals surface area (Å²) in [5.74, 6) is -1.41. The molecule has 0 spiro atoms. The van der Waals surface area contributed by atoms with Crippen LogP contribution in [0.15, 0.2) is 21.6 Å². The zero-order chi connectivity index (χ0) is 14.0. The maximum absolute atomic E-state index is 11.9. The largest absolute Gasteiger partial charge is 0.475 e. The molecule has 106 valence electrons. The molecular weight excluding hydrogens is 272 g/mol. The molecule has 2 heterocycles. The van der Waals surface area contributed by atoms with Gasteiger partial charge in [-0.05, 0) is 38.1 Å². The third-order valence-electron chi connectivity index (χ3n) is 3.11. The fourth-order valence-corrected chi connectivity index (χ4v) is 3.12. The molecule has 19 heavy (non-hydrogen) atoms. The van der Waals surface area contributed by atoms with Crippen LogP contribution in [0.4, 0.5) is 0 Å². The monoisotopic (exact) mass is 288 g/mol. The SMILES string of the molecule is CN1CCC(CNS(=O)(=O)c2ccc(C(=O)O)o2)C1. The van der Waals surface area contributed by atoms with E-state index in [0.29, 0.717) is 6.54 Å². The zero-order valence-corrected chi connectivity index (χ0v) is 11.3. The third kappa shape index (κ3) is 3.34. The highest BCUT2D eigenvalue weighted by molar-refractivity contribution is 7.89. The molecule has 1 aliphatic rings. The number of sulfonamides is 1. The van der Waals surface area contributed by atoms with E-state index in [1.54, 1.807) is 0 Å². The van der Waals surface area contributed by atoms with Crippen molar-refractivity contribution in [3.8, 4) is 0 Å². The van der Waals surface area contributed by atoms with E-state index in [-0.39, 0.29) is 16.8 Å². The summed E-state index contributed by atoms with van der Waals surface area (Å²) in [4.78, 5) is 12.8. The fraction of sp³-hybridized carbons (Fsp3) is 0.545. The van der Waals surface area contributed by atoms with Gasteiger partial charge >= 0.3 is 5.97 Å². The van der Waals surface area contributed by atoms with Gasteiger partial charge in [-0.15, -0.1) is 0 Å². The lowest BCUT2D eigenvalue weighted by molar-refractivity contribution is 0.0656. The van der Waals surface area contributed by atoms with Crippen molar-refractivity contribution in [1.82, 2.24) is 9.62 Å². The molecule has 0 aromatic carbocycles. The lowest BCUT2D eigenvalue weighted by Gasteiger charge is -2.10. The van der Waals surface area contributed by atoms with E-state index in [4.69, 9.17) is 9.52 Å². The number of hydrogen-bond acceptors (Lipinski definition) is 5. The second-order valence-electron chi connectivity index (χ2n) is 4.69. The molecule has 0 saturated carbocycles. The van der Waals surface area contributed by atoms with E-state index < -0.39 is 16.0 Å². The molecule has 2 rings (SSSR count). The Hall–Kier alpha value is -1.38. The van der Waals surface area contributed by atoms with Crippen LogP contribution < -0.4 is 4.72 Å². The second-order valence-corrected chi connectivity index (χ2v) is 6.39. The van der Waals surface area contributed by atoms with Crippen molar-refractivity contribution in [3.63, 3.8) is 0 Å². The molecule has 0 radical (unpaired) electrons. The average molecular weight is 288 g/mol. The van der Waals surface area contributed by atoms with E-state index in [9.17, 15) is 13.2 Å². The van der Waals surface area contributed by atoms with Crippen LogP contribution in [0.1, 0.15) is 17.0 Å². The molecule has 0 bridgehead atoms. The number of rotatable bonds is 5. The van der Waals surface area contributed by atoms with Crippen LogP contribution >= 0.6 is 0 Å². The van der Waals surface area contributed by atoms with Crippen molar-refractivity contribution in [2.75, 3.05) is 26.7 Å². The van der Waals surface area contributed by atoms with Gasteiger partial charge in [0.2, 0.25) is 10.9 Å². The summed E-state index contributed by atoms with van der Waals surface area (Å²) >= 11 is 0. The summed E-state index contributed by atoms with van der Waals surface area (Å²) in [7, 11) is -1.79. The highest BCUT2D eigenvalue weighted by Gasteiger charge is 2.24. The van der Waals surface area contributed by atoms with Gasteiger partial charge in [0, 0.05) is 13.1 Å². The first-order valence-electron chi connectivity index (χ1n) is 5.90. The van der Waals surface area contributed by atoms with E-state index in [2.05, 4.69) is 9.62 Å². The van der Waals surface area contributed by atoms with Crippen LogP contribution in [-0.2, 0) is 10.0 Å². The van der Waals surface area contributed by atoms with E-state index >= 15 is 0 Å². The van der Waals surface area contributed by atoms with Gasteiger partial charge in [0.05, 0.1) is 0 Å². The smallest absolute Gasteiger partial charge is 0.371 e. The normalized spacial score (nSPS) is 20.8. The van der Waals surface area contributed by atoms with Gasteiger partial charge in [0.25, 0.3) is 10.0 Å². The summed E-state index contributed by atoms with van der Waals surface area (Å²) in [5, 5.41) is 8.32. The lowest BCUT2D eigenvalue weighted by atomic mass is 10.1. The molecule has 1 aliphatic heterocycles. The van der Waals surface area contributed by atoms with Gasteiger partial charge in [0.15, 0.2) is 0 Å². The van der Waals surface area contributed by atoms with Gasteiger partial charge in [-0.1, -0.05) is 0 Å². The number of aromatic carboxylic acids is 1. The Labute approximate surface area is 111 Å². The average Bonchev–Trinajstić information content (AvgIpc) is 2.95. The molecule has 1 aromatic heterocycles. The number of nitrogens with one attached hydrogen (secondary N) is 1. The summed E-state index contributed by atoms with van der Waals surface area (Å²) in [6, 6.07) is 2.27. The number of nitrogens with zero attached hydrogens (tertiary/aromatic N) is 1. The number of hydrogen-bond donors (Lipinski definition) is 2. The van der Waals surface area contributed by atoms with Crippen molar-refractivity contribution in [2.24, 2.45) is 5.92 Å². The van der Waals surface area contributed by atoms with E-state index in [1.807, 2.05) is 7.05 Å². The lowest BCUT2D eigenvalue weighted by Crippen LogP contribution is -2.30. The van der Waals surface area contributed by atoms with Crippen molar-refractivity contribution in [3.05, 3.63) is 17.9 Å². The Balaban J connectivity index is 1.99. The van der Waals surface area contributed by atoms with Gasteiger partial charge < -0.3 is 14.4 Å². The van der Waals surface area contributed by atoms with Crippen LogP contribution in [0.2, 0.25) is 0 Å². The minimum absolute atomic E-state index is 0.272. The number of likely N-dealkylation sites (tertiary alicyclic amines) is 1. The van der Waals surface area contributed by atoms with Crippen LogP contribution in [0.5, 0.6) is 0 Å². The molecule has 2 N–H and O–H groups in total. The first-order valence-corrected chi connectivity index (χ1v) is 7.38. The van der Waals surface area contributed by atoms with Crippen molar-refractivity contribution < 1.29 is 22.7 Å². The summed E-state index contributed by atoms with van der Waals surface area (Å²) in [6.45, 7) is 2.13. The second kappa shape index (κ2) is 5.32. The Bertz CT molecular complexity index is 565. The molecule has 1 unspecified atom stereocenters. The molecule has 8 heteroatoms. The number of carbonyl (C=O) groups is 1. The number of carboxylic acid groups (broad SMARTS) is 1. The van der Waals surface area contributed by atoms with Gasteiger partial charge in [-0.25, -0.2) is 17.9 Å². The predicted molar refractivity (Wildman–Crippen MR) is 66.5 cm³/mol. The van der Waals surface area contributed by atoms with E-state index in [0.717, 1.165) is 31.6 Å². The third-order valence-corrected chi connectivity index (χ3v) is 4.40. The van der Waals surface area contributed by atoms with Crippen LogP contribution in [0.3, 0.4) is 0 Å². The molecule has 0 aliphatic carbocycles. The molecule has 0 amide bonds. The molecule has 7 nitrogen and oxygen atoms in total. The van der Waals surface area contributed by atoms with Gasteiger partial charge in [0.1, 0.15) is 0 Å². The first-order chi connectivity index (χ1) is 8.88. The minimum atomic E-state index is -3.78. The zero-order valence-electron chi connectivity index (χ0n) is 10.5. The Morgan fingerprint density at radius 1 is 1.58 bits per heavy atom. The maximum atomic E-state index is 11.9. The molecule has 1 fully saturated rings. The highest BCUT2D eigenvalue weighted by atomic mass is 32.2. The van der Waals surface area contributed by atoms with Crippen LogP contribution in [0.25, 0.3) is 0 Å². The van der Waals surface area contributed by atoms with Crippen LogP contribution in [0, 0.1) is 5.92 Å². The summed E-state index contributed by atoms with van der Waals surface area (Å²) in [6.07, 6.45) is 0.942. The Morgan fingerprint density at radius 2 is 2.32 bits per heavy atom. The summed E-state index contributed by atoms with van der Waals surface area (Å²) in [5.41, 5.74) is 0. The quantitative estimate of drug-likeness (QED) is 0.803. The predicted octanol–water partition coefficient (Wildman–Crippen LogP) is 0.208. The molecule has 1 aromatic rings. The number of carboxylic acids is 1. The van der Waals surface area contributed by atoms with Crippen molar-refractivity contribution in [1.29, 1.82) is 0 Å². The highest BCUT2D eigenvalue weighted by Crippen LogP contribution is 2.16. The van der Waals surface area contributed by atoms with Crippen molar-refractivity contribution in [2.45, 2.75) is 11.5 Å². The minimum Gasteiger partial charge on any atom is -0.475 e. The van der Waals surface area contributed by atoms with Crippen molar-refractivity contribution >= 4 is 16.0 Å². The summed E-state index contributed by atoms with van der Waals surface area (Å²) < 4.78 is 31.0. The van der Waals surface area contributed by atoms with E-state index in [1.165, 1.54) is 0 Å². The Morgan fingerprint density at radius 3 is 2.84 bits per heavy atom. The molecular formula is C11H16N2O5S. The number of furan rings is 1. The topological polar surface area (TPSA) is 99.9 Å². The Kier molecular flexibility index (Phi) is 3.93.